The van der Waals surface area contributed by atoms with Gasteiger partial charge in [0.15, 0.2) is 5.11 Å². The van der Waals surface area contributed by atoms with Crippen molar-refractivity contribution in [3.63, 3.8) is 0 Å². The van der Waals surface area contributed by atoms with Gasteiger partial charge in [0.05, 0.1) is 6.54 Å². The predicted molar refractivity (Wildman–Crippen MR) is 93.7 cm³/mol. The Kier molecular flexibility index (Phi) is 4.59. The van der Waals surface area contributed by atoms with Crippen LogP contribution in [0.1, 0.15) is 0 Å². The second kappa shape index (κ2) is 6.80. The number of nitrogens with zero attached hydrogens (tertiary/aromatic N) is 4. The number of thiocarbonyl (C=S) groups is 1. The molecule has 0 fully saturated rings. The van der Waals surface area contributed by atoms with E-state index in [1.807, 2.05) is 36.4 Å². The molecule has 0 aliphatic carbocycles. The Labute approximate surface area is 141 Å². The van der Waals surface area contributed by atoms with Crippen LogP contribution in [0, 0.1) is 0 Å². The van der Waals surface area contributed by atoms with Crippen LogP contribution in [0.4, 0.5) is 5.82 Å². The third-order valence-corrected chi connectivity index (χ3v) is 3.61. The first-order chi connectivity index (χ1) is 10.7. The van der Waals surface area contributed by atoms with Crippen LogP contribution in [0.5, 0.6) is 0 Å². The van der Waals surface area contributed by atoms with Crippen molar-refractivity contribution in [1.29, 1.82) is 0 Å². The molecule has 2 N–H and O–H groups in total. The van der Waals surface area contributed by atoms with E-state index in [0.717, 1.165) is 15.5 Å². The quantitative estimate of drug-likeness (QED) is 0.682. The maximum atomic E-state index is 5.22. The topological polar surface area (TPSA) is 67.7 Å². The van der Waals surface area contributed by atoms with Gasteiger partial charge in [-0.2, -0.15) is 15.0 Å². The van der Waals surface area contributed by atoms with Crippen molar-refractivity contribution in [1.82, 2.24) is 25.3 Å². The summed E-state index contributed by atoms with van der Waals surface area (Å²) < 4.78 is 0.925. The molecular formula is C14H13BrN6S. The van der Waals surface area contributed by atoms with Crippen molar-refractivity contribution in [2.24, 2.45) is 0 Å². The number of anilines is 1. The summed E-state index contributed by atoms with van der Waals surface area (Å²) in [5.41, 5.74) is 1.78. The highest BCUT2D eigenvalue weighted by Crippen LogP contribution is 2.10. The van der Waals surface area contributed by atoms with Gasteiger partial charge in [0.2, 0.25) is 0 Å². The molecule has 0 saturated heterocycles. The third-order valence-electron chi connectivity index (χ3n) is 2.89. The van der Waals surface area contributed by atoms with E-state index in [1.54, 1.807) is 11.0 Å². The lowest BCUT2D eigenvalue weighted by molar-refractivity contribution is 0.539. The number of halogens is 1. The summed E-state index contributed by atoms with van der Waals surface area (Å²) in [6.07, 6.45) is 1.71. The Hall–Kier alpha value is -2.06. The summed E-state index contributed by atoms with van der Waals surface area (Å²) in [6, 6.07) is 11.5. The minimum atomic E-state index is 0.520. The van der Waals surface area contributed by atoms with Gasteiger partial charge in [-0.1, -0.05) is 12.1 Å². The zero-order chi connectivity index (χ0) is 15.4. The predicted octanol–water partition coefficient (Wildman–Crippen LogP) is 2.58. The van der Waals surface area contributed by atoms with E-state index in [9.17, 15) is 0 Å². The van der Waals surface area contributed by atoms with Gasteiger partial charge in [0, 0.05) is 17.2 Å². The largest absolute Gasteiger partial charge is 0.360 e. The second-order valence-electron chi connectivity index (χ2n) is 4.53. The lowest BCUT2D eigenvalue weighted by Crippen LogP contribution is -2.31. The van der Waals surface area contributed by atoms with Crippen LogP contribution in [0.25, 0.3) is 11.0 Å². The summed E-state index contributed by atoms with van der Waals surface area (Å²) in [5, 5.41) is 15.4. The van der Waals surface area contributed by atoms with Gasteiger partial charge < -0.3 is 10.6 Å². The Morgan fingerprint density at radius 2 is 1.86 bits per heavy atom. The van der Waals surface area contributed by atoms with Crippen LogP contribution in [-0.4, -0.2) is 31.6 Å². The lowest BCUT2D eigenvalue weighted by Gasteiger charge is -2.09. The number of fused-ring (bicyclic) bond motifs is 1. The molecule has 0 amide bonds. The van der Waals surface area contributed by atoms with Gasteiger partial charge >= 0.3 is 0 Å². The fraction of sp³-hybridized carbons (Fsp3) is 0.143. The van der Waals surface area contributed by atoms with Crippen molar-refractivity contribution >= 4 is 50.1 Å². The van der Waals surface area contributed by atoms with Crippen molar-refractivity contribution in [2.75, 3.05) is 11.9 Å². The maximum Gasteiger partial charge on any atom is 0.172 e. The molecule has 8 heteroatoms. The minimum Gasteiger partial charge on any atom is -0.360 e. The van der Waals surface area contributed by atoms with Gasteiger partial charge in [-0.15, -0.1) is 0 Å². The normalized spacial score (nSPS) is 10.6. The van der Waals surface area contributed by atoms with E-state index in [4.69, 9.17) is 12.2 Å². The number of hydrogen-bond donors (Lipinski definition) is 2. The maximum absolute atomic E-state index is 5.22. The molecule has 2 aromatic heterocycles. The molecule has 0 aliphatic rings. The van der Waals surface area contributed by atoms with E-state index in [2.05, 4.69) is 41.7 Å². The molecule has 0 saturated carbocycles. The first-order valence-electron chi connectivity index (χ1n) is 6.67. The number of hydrogen-bond acceptors (Lipinski definition) is 4. The average molecular weight is 377 g/mol. The average Bonchev–Trinajstić information content (AvgIpc) is 2.92. The van der Waals surface area contributed by atoms with E-state index in [1.165, 1.54) is 0 Å². The molecule has 0 radical (unpaired) electrons. The standard InChI is InChI=1S/C14H13BrN6S/c15-10-5-6-13(17-9-10)18-14(22)16-7-8-21-19-11-3-1-2-4-12(11)20-21/h1-6,9H,7-8H2,(H2,16,17,18,22). The van der Waals surface area contributed by atoms with Crippen LogP contribution in [0.2, 0.25) is 0 Å². The molecule has 3 rings (SSSR count). The zero-order valence-corrected chi connectivity index (χ0v) is 13.9. The summed E-state index contributed by atoms with van der Waals surface area (Å²) in [7, 11) is 0. The SMILES string of the molecule is S=C(NCCn1nc2ccccc2n1)Nc1ccc(Br)cn1. The number of pyridine rings is 1. The Balaban J connectivity index is 1.49. The van der Waals surface area contributed by atoms with Crippen LogP contribution in [0.3, 0.4) is 0 Å². The summed E-state index contributed by atoms with van der Waals surface area (Å²) in [5.74, 6) is 0.698. The van der Waals surface area contributed by atoms with Gasteiger partial charge in [0.25, 0.3) is 0 Å². The van der Waals surface area contributed by atoms with E-state index in [0.29, 0.717) is 24.0 Å². The molecule has 112 valence electrons. The summed E-state index contributed by atoms with van der Waals surface area (Å²) in [6.45, 7) is 1.26. The van der Waals surface area contributed by atoms with Gasteiger partial charge in [0.1, 0.15) is 16.9 Å². The highest BCUT2D eigenvalue weighted by Gasteiger charge is 2.02. The molecular weight excluding hydrogens is 364 g/mol. The van der Waals surface area contributed by atoms with Crippen molar-refractivity contribution in [3.05, 3.63) is 47.1 Å². The number of nitrogens with one attached hydrogen (secondary N) is 2. The lowest BCUT2D eigenvalue weighted by atomic mass is 10.3. The van der Waals surface area contributed by atoms with Crippen molar-refractivity contribution in [3.8, 4) is 0 Å². The molecule has 0 aliphatic heterocycles. The summed E-state index contributed by atoms with van der Waals surface area (Å²) >= 11 is 8.56. The molecule has 3 aromatic rings. The van der Waals surface area contributed by atoms with Crippen molar-refractivity contribution < 1.29 is 0 Å². The van der Waals surface area contributed by atoms with Crippen LogP contribution in [-0.2, 0) is 6.54 Å². The highest BCUT2D eigenvalue weighted by molar-refractivity contribution is 9.10. The Bertz CT molecular complexity index is 752. The van der Waals surface area contributed by atoms with E-state index >= 15 is 0 Å². The number of aromatic nitrogens is 4. The molecule has 1 aromatic carbocycles. The fourth-order valence-corrected chi connectivity index (χ4v) is 2.33. The monoisotopic (exact) mass is 376 g/mol. The fourth-order valence-electron chi connectivity index (χ4n) is 1.88. The first kappa shape index (κ1) is 14.9. The molecule has 0 bridgehead atoms. The van der Waals surface area contributed by atoms with E-state index in [-0.39, 0.29) is 0 Å². The summed E-state index contributed by atoms with van der Waals surface area (Å²) in [4.78, 5) is 5.86. The first-order valence-corrected chi connectivity index (χ1v) is 7.87. The molecule has 0 spiro atoms. The molecule has 22 heavy (non-hydrogen) atoms. The second-order valence-corrected chi connectivity index (χ2v) is 5.85. The van der Waals surface area contributed by atoms with Gasteiger partial charge in [-0.3, -0.25) is 0 Å². The third kappa shape index (κ3) is 3.77. The Morgan fingerprint density at radius 3 is 2.50 bits per heavy atom. The van der Waals surface area contributed by atoms with Crippen LogP contribution in [0.15, 0.2) is 47.1 Å². The number of rotatable bonds is 4. The van der Waals surface area contributed by atoms with E-state index < -0.39 is 0 Å². The molecule has 0 atom stereocenters. The highest BCUT2D eigenvalue weighted by atomic mass is 79.9. The van der Waals surface area contributed by atoms with Crippen molar-refractivity contribution in [2.45, 2.75) is 6.54 Å². The van der Waals surface area contributed by atoms with Gasteiger partial charge in [-0.25, -0.2) is 4.98 Å². The smallest absolute Gasteiger partial charge is 0.172 e. The zero-order valence-electron chi connectivity index (χ0n) is 11.5. The molecule has 0 unspecified atom stereocenters. The Morgan fingerprint density at radius 1 is 1.14 bits per heavy atom. The molecule has 6 nitrogen and oxygen atoms in total. The van der Waals surface area contributed by atoms with Crippen LogP contribution >= 0.6 is 28.1 Å². The number of benzene rings is 1. The molecule has 2 heterocycles. The minimum absolute atomic E-state index is 0.520. The van der Waals surface area contributed by atoms with Crippen LogP contribution < -0.4 is 10.6 Å². The van der Waals surface area contributed by atoms with Gasteiger partial charge in [-0.05, 0) is 52.4 Å².